The third-order valence-electron chi connectivity index (χ3n) is 2.59. The number of nitro benzene ring substituents is 1. The van der Waals surface area contributed by atoms with Gasteiger partial charge in [0, 0.05) is 5.69 Å². The smallest absolute Gasteiger partial charge is 0.278 e. The minimum Gasteiger partial charge on any atom is -0.278 e. The van der Waals surface area contributed by atoms with Gasteiger partial charge in [-0.2, -0.15) is 4.39 Å². The van der Waals surface area contributed by atoms with Crippen molar-refractivity contribution in [3.05, 3.63) is 58.2 Å². The van der Waals surface area contributed by atoms with Crippen molar-refractivity contribution in [2.75, 3.05) is 4.72 Å². The number of hydrogen-bond donors (Lipinski definition) is 1. The van der Waals surface area contributed by atoms with Gasteiger partial charge >= 0.3 is 5.69 Å². The highest BCUT2D eigenvalue weighted by molar-refractivity contribution is 7.92. The molecular weight excluding hydrogens is 301 g/mol. The Bertz CT molecular complexity index is 791. The van der Waals surface area contributed by atoms with Crippen LogP contribution in [0.15, 0.2) is 41.4 Å². The molecule has 0 bridgehead atoms. The number of aryl methyl sites for hydroxylation is 1. The first-order chi connectivity index (χ1) is 9.81. The molecule has 0 aliphatic heterocycles. The fraction of sp³-hybridized carbons (Fsp3) is 0.0833. The molecule has 0 aliphatic carbocycles. The lowest BCUT2D eigenvalue weighted by Gasteiger charge is -2.08. The van der Waals surface area contributed by atoms with Gasteiger partial charge in [0.25, 0.3) is 10.0 Å². The Balaban J connectivity index is 2.47. The standard InChI is InChI=1S/C12H10FN3O4S/c1-8-5-6-9(7-14-8)15-21(19,20)11-4-2-3-10(13)12(11)16(17)18/h2-7,15H,1H3. The zero-order valence-electron chi connectivity index (χ0n) is 10.8. The molecule has 0 saturated heterocycles. The van der Waals surface area contributed by atoms with Crippen LogP contribution in [0.3, 0.4) is 0 Å². The third kappa shape index (κ3) is 3.14. The number of rotatable bonds is 4. The SMILES string of the molecule is Cc1ccc(NS(=O)(=O)c2cccc(F)c2[N+](=O)[O-])cn1. The number of halogens is 1. The van der Waals surface area contributed by atoms with Gasteiger partial charge in [-0.3, -0.25) is 19.8 Å². The molecule has 1 N–H and O–H groups in total. The highest BCUT2D eigenvalue weighted by atomic mass is 32.2. The van der Waals surface area contributed by atoms with Crippen LogP contribution in [0.2, 0.25) is 0 Å². The van der Waals surface area contributed by atoms with E-state index in [1.165, 1.54) is 12.3 Å². The summed E-state index contributed by atoms with van der Waals surface area (Å²) in [4.78, 5) is 12.9. The maximum Gasteiger partial charge on any atom is 0.325 e. The van der Waals surface area contributed by atoms with Crippen molar-refractivity contribution in [2.24, 2.45) is 0 Å². The highest BCUT2D eigenvalue weighted by Crippen LogP contribution is 2.28. The second-order valence-corrected chi connectivity index (χ2v) is 5.79. The summed E-state index contributed by atoms with van der Waals surface area (Å²) in [5, 5.41) is 10.8. The molecule has 1 heterocycles. The number of para-hydroxylation sites is 1. The summed E-state index contributed by atoms with van der Waals surface area (Å²) >= 11 is 0. The predicted molar refractivity (Wildman–Crippen MR) is 72.8 cm³/mol. The first-order valence-corrected chi connectivity index (χ1v) is 7.18. The molecular formula is C12H10FN3O4S. The maximum absolute atomic E-state index is 13.5. The Morgan fingerprint density at radius 2 is 2.00 bits per heavy atom. The van der Waals surface area contributed by atoms with E-state index in [4.69, 9.17) is 0 Å². The first kappa shape index (κ1) is 14.9. The average Bonchev–Trinajstić information content (AvgIpc) is 2.40. The first-order valence-electron chi connectivity index (χ1n) is 5.69. The second kappa shape index (κ2) is 5.44. The molecule has 7 nitrogen and oxygen atoms in total. The molecule has 0 saturated carbocycles. The molecule has 0 unspecified atom stereocenters. The van der Waals surface area contributed by atoms with Crippen molar-refractivity contribution < 1.29 is 17.7 Å². The summed E-state index contributed by atoms with van der Waals surface area (Å²) in [6, 6.07) is 5.89. The number of pyridine rings is 1. The zero-order valence-corrected chi connectivity index (χ0v) is 11.6. The van der Waals surface area contributed by atoms with Crippen LogP contribution in [-0.2, 0) is 10.0 Å². The number of anilines is 1. The molecule has 2 aromatic rings. The highest BCUT2D eigenvalue weighted by Gasteiger charge is 2.29. The monoisotopic (exact) mass is 311 g/mol. The molecule has 0 fully saturated rings. The van der Waals surface area contributed by atoms with Crippen LogP contribution in [0.1, 0.15) is 5.69 Å². The van der Waals surface area contributed by atoms with Crippen molar-refractivity contribution in [2.45, 2.75) is 11.8 Å². The van der Waals surface area contributed by atoms with Crippen LogP contribution in [0, 0.1) is 22.9 Å². The van der Waals surface area contributed by atoms with Crippen LogP contribution in [-0.4, -0.2) is 18.3 Å². The van der Waals surface area contributed by atoms with E-state index in [1.54, 1.807) is 13.0 Å². The van der Waals surface area contributed by atoms with Crippen LogP contribution in [0.5, 0.6) is 0 Å². The lowest BCUT2D eigenvalue weighted by atomic mass is 10.3. The molecule has 110 valence electrons. The Hall–Kier alpha value is -2.55. The number of aromatic nitrogens is 1. The summed E-state index contributed by atoms with van der Waals surface area (Å²) in [5.41, 5.74) is -0.293. The van der Waals surface area contributed by atoms with E-state index < -0.39 is 31.3 Å². The van der Waals surface area contributed by atoms with Crippen molar-refractivity contribution in [1.29, 1.82) is 0 Å². The van der Waals surface area contributed by atoms with E-state index in [-0.39, 0.29) is 5.69 Å². The van der Waals surface area contributed by atoms with Gasteiger partial charge < -0.3 is 0 Å². The van der Waals surface area contributed by atoms with E-state index in [9.17, 15) is 22.9 Å². The van der Waals surface area contributed by atoms with Gasteiger partial charge in [-0.25, -0.2) is 8.42 Å². The minimum atomic E-state index is -4.30. The second-order valence-electron chi connectivity index (χ2n) is 4.14. The largest absolute Gasteiger partial charge is 0.325 e. The Morgan fingerprint density at radius 1 is 1.29 bits per heavy atom. The summed E-state index contributed by atoms with van der Waals surface area (Å²) in [6.45, 7) is 1.72. The van der Waals surface area contributed by atoms with Gasteiger partial charge in [0.1, 0.15) is 0 Å². The number of hydrogen-bond acceptors (Lipinski definition) is 5. The molecule has 21 heavy (non-hydrogen) atoms. The van der Waals surface area contributed by atoms with E-state index in [1.807, 2.05) is 0 Å². The van der Waals surface area contributed by atoms with Crippen LogP contribution >= 0.6 is 0 Å². The lowest BCUT2D eigenvalue weighted by Crippen LogP contribution is -2.15. The van der Waals surface area contributed by atoms with Crippen molar-refractivity contribution in [3.63, 3.8) is 0 Å². The van der Waals surface area contributed by atoms with Crippen molar-refractivity contribution >= 4 is 21.4 Å². The van der Waals surface area contributed by atoms with Crippen LogP contribution in [0.4, 0.5) is 15.8 Å². The van der Waals surface area contributed by atoms with Gasteiger partial charge in [-0.05, 0) is 31.2 Å². The summed E-state index contributed by atoms with van der Waals surface area (Å²) in [5.74, 6) is -1.22. The predicted octanol–water partition coefficient (Wildman–Crippen LogP) is 2.24. The van der Waals surface area contributed by atoms with Gasteiger partial charge in [0.2, 0.25) is 5.82 Å². The number of benzene rings is 1. The summed E-state index contributed by atoms with van der Waals surface area (Å²) in [6.07, 6.45) is 1.26. The molecule has 0 atom stereocenters. The minimum absolute atomic E-state index is 0.124. The fourth-order valence-corrected chi connectivity index (χ4v) is 2.85. The van der Waals surface area contributed by atoms with Crippen LogP contribution < -0.4 is 4.72 Å². The molecule has 0 spiro atoms. The quantitative estimate of drug-likeness (QED) is 0.689. The van der Waals surface area contributed by atoms with Gasteiger partial charge in [-0.15, -0.1) is 0 Å². The van der Waals surface area contributed by atoms with Crippen molar-refractivity contribution in [3.8, 4) is 0 Å². The van der Waals surface area contributed by atoms with E-state index in [0.29, 0.717) is 5.69 Å². The zero-order chi connectivity index (χ0) is 15.6. The van der Waals surface area contributed by atoms with Gasteiger partial charge in [-0.1, -0.05) is 6.07 Å². The van der Waals surface area contributed by atoms with Gasteiger partial charge in [0.05, 0.1) is 16.8 Å². The maximum atomic E-state index is 13.5. The summed E-state index contributed by atoms with van der Waals surface area (Å²) in [7, 11) is -4.30. The fourth-order valence-electron chi connectivity index (χ4n) is 1.63. The average molecular weight is 311 g/mol. The van der Waals surface area contributed by atoms with Crippen molar-refractivity contribution in [1.82, 2.24) is 4.98 Å². The summed E-state index contributed by atoms with van der Waals surface area (Å²) < 4.78 is 39.9. The molecule has 0 aliphatic rings. The molecule has 0 amide bonds. The number of nitro groups is 1. The Kier molecular flexibility index (Phi) is 3.85. The van der Waals surface area contributed by atoms with Gasteiger partial charge in [0.15, 0.2) is 4.90 Å². The number of sulfonamides is 1. The van der Waals surface area contributed by atoms with Crippen LogP contribution in [0.25, 0.3) is 0 Å². The lowest BCUT2D eigenvalue weighted by molar-refractivity contribution is -0.390. The number of nitrogens with zero attached hydrogens (tertiary/aromatic N) is 2. The van der Waals surface area contributed by atoms with E-state index >= 15 is 0 Å². The Labute approximate surface area is 119 Å². The molecule has 9 heteroatoms. The topological polar surface area (TPSA) is 102 Å². The van der Waals surface area contributed by atoms with E-state index in [0.717, 1.165) is 18.2 Å². The molecule has 1 aromatic carbocycles. The Morgan fingerprint density at radius 3 is 2.57 bits per heavy atom. The molecule has 1 aromatic heterocycles. The van der Waals surface area contributed by atoms with E-state index in [2.05, 4.69) is 9.71 Å². The number of nitrogens with one attached hydrogen (secondary N) is 1. The molecule has 0 radical (unpaired) electrons. The normalized spacial score (nSPS) is 11.1. The molecule has 2 rings (SSSR count). The third-order valence-corrected chi connectivity index (χ3v) is 4.00.